The highest BCUT2D eigenvalue weighted by atomic mass is 16.4. The molecule has 0 aromatic carbocycles. The molecule has 1 aliphatic carbocycles. The molecule has 6 N–H and O–H groups in total. The van der Waals surface area contributed by atoms with E-state index in [1.165, 1.54) is 0 Å². The van der Waals surface area contributed by atoms with E-state index in [9.17, 15) is 20.1 Å². The molecule has 4 unspecified atom stereocenters. The van der Waals surface area contributed by atoms with Gasteiger partial charge in [-0.15, -0.1) is 0 Å². The molecule has 0 saturated heterocycles. The number of carbonyl (C=O) groups is 1. The molecule has 0 spiro atoms. The quantitative estimate of drug-likeness (QED) is 0.287. The maximum absolute atomic E-state index is 10.2. The summed E-state index contributed by atoms with van der Waals surface area (Å²) in [5.41, 5.74) is -1.66. The molecule has 7 nitrogen and oxygen atoms in total. The lowest BCUT2D eigenvalue weighted by Gasteiger charge is -2.52. The monoisotopic (exact) mass is 221 g/mol. The second kappa shape index (κ2) is 4.42. The summed E-state index contributed by atoms with van der Waals surface area (Å²) in [7, 11) is 0. The van der Waals surface area contributed by atoms with Gasteiger partial charge in [-0.05, 0) is 0 Å². The molecule has 1 fully saturated rings. The van der Waals surface area contributed by atoms with Gasteiger partial charge >= 0.3 is 5.97 Å². The summed E-state index contributed by atoms with van der Waals surface area (Å²) in [6, 6.07) is 0. The van der Waals surface area contributed by atoms with Crippen molar-refractivity contribution in [2.45, 2.75) is 17.8 Å². The lowest BCUT2D eigenvalue weighted by Crippen LogP contribution is -2.74. The molecule has 0 heterocycles. The second-order valence-corrected chi connectivity index (χ2v) is 3.71. The molecule has 0 radical (unpaired) electrons. The van der Waals surface area contributed by atoms with Gasteiger partial charge < -0.3 is 30.8 Å². The van der Waals surface area contributed by atoms with Crippen molar-refractivity contribution in [2.75, 3.05) is 19.7 Å². The highest BCUT2D eigenvalue weighted by Gasteiger charge is 2.60. The summed E-state index contributed by atoms with van der Waals surface area (Å²) in [4.78, 5) is 10.2. The van der Waals surface area contributed by atoms with Crippen LogP contribution < -0.4 is 5.32 Å². The van der Waals surface area contributed by atoms with Gasteiger partial charge in [-0.25, -0.2) is 0 Å². The van der Waals surface area contributed by atoms with Crippen molar-refractivity contribution in [3.8, 4) is 0 Å². The van der Waals surface area contributed by atoms with Crippen LogP contribution in [0, 0.1) is 5.92 Å². The summed E-state index contributed by atoms with van der Waals surface area (Å²) in [6.07, 6.45) is -2.54. The number of carboxylic acid groups (broad SMARTS) is 1. The summed E-state index contributed by atoms with van der Waals surface area (Å²) < 4.78 is 0. The van der Waals surface area contributed by atoms with Gasteiger partial charge in [-0.2, -0.15) is 0 Å². The summed E-state index contributed by atoms with van der Waals surface area (Å²) >= 11 is 0. The maximum Gasteiger partial charge on any atom is 0.317 e. The van der Waals surface area contributed by atoms with E-state index in [2.05, 4.69) is 5.32 Å². The van der Waals surface area contributed by atoms with E-state index in [0.717, 1.165) is 0 Å². The molecule has 0 amide bonds. The van der Waals surface area contributed by atoms with Crippen molar-refractivity contribution >= 4 is 5.97 Å². The SMILES string of the molecule is O=C(O)CNCC1(O)C(O)C(O)C1CO. The standard InChI is InChI=1S/C8H15NO6/c10-2-4-6(13)7(14)8(4,15)3-9-1-5(11)12/h4,6-7,9-10,13-15H,1-3H2,(H,11,12). The first-order chi connectivity index (χ1) is 6.93. The van der Waals surface area contributed by atoms with Gasteiger partial charge in [0.1, 0.15) is 11.7 Å². The van der Waals surface area contributed by atoms with Gasteiger partial charge in [0.25, 0.3) is 0 Å². The van der Waals surface area contributed by atoms with Gasteiger partial charge in [-0.1, -0.05) is 0 Å². The van der Waals surface area contributed by atoms with Crippen molar-refractivity contribution in [2.24, 2.45) is 5.92 Å². The molecule has 15 heavy (non-hydrogen) atoms. The first kappa shape index (κ1) is 12.3. The Hall–Kier alpha value is -0.730. The van der Waals surface area contributed by atoms with Crippen LogP contribution in [0.5, 0.6) is 0 Å². The number of aliphatic hydroxyl groups is 4. The van der Waals surface area contributed by atoms with Gasteiger partial charge in [-0.3, -0.25) is 4.79 Å². The van der Waals surface area contributed by atoms with Gasteiger partial charge in [0, 0.05) is 12.5 Å². The Morgan fingerprint density at radius 2 is 2.00 bits per heavy atom. The molecule has 1 rings (SSSR count). The third-order valence-corrected chi connectivity index (χ3v) is 2.77. The Labute approximate surface area is 86.0 Å². The zero-order valence-electron chi connectivity index (χ0n) is 8.00. The molecule has 1 saturated carbocycles. The molecule has 7 heteroatoms. The molecule has 4 atom stereocenters. The third-order valence-electron chi connectivity index (χ3n) is 2.77. The lowest BCUT2D eigenvalue weighted by molar-refractivity contribution is -0.265. The van der Waals surface area contributed by atoms with Crippen molar-refractivity contribution in [3.05, 3.63) is 0 Å². The first-order valence-corrected chi connectivity index (χ1v) is 4.55. The highest BCUT2D eigenvalue weighted by Crippen LogP contribution is 2.38. The van der Waals surface area contributed by atoms with Gasteiger partial charge in [0.2, 0.25) is 0 Å². The van der Waals surface area contributed by atoms with Crippen LogP contribution in [0.3, 0.4) is 0 Å². The fourth-order valence-corrected chi connectivity index (χ4v) is 1.78. The number of aliphatic carboxylic acids is 1. The minimum atomic E-state index is -1.66. The Bertz CT molecular complexity index is 247. The molecule has 0 bridgehead atoms. The van der Waals surface area contributed by atoms with E-state index in [0.29, 0.717) is 0 Å². The van der Waals surface area contributed by atoms with Crippen LogP contribution in [0.15, 0.2) is 0 Å². The van der Waals surface area contributed by atoms with Crippen LogP contribution in [-0.2, 0) is 4.79 Å². The molecule has 88 valence electrons. The molecular formula is C8H15NO6. The van der Waals surface area contributed by atoms with E-state index in [-0.39, 0.29) is 13.1 Å². The summed E-state index contributed by atoms with van der Waals surface area (Å²) in [6.45, 7) is -1.02. The van der Waals surface area contributed by atoms with Crippen LogP contribution >= 0.6 is 0 Å². The number of hydrogen-bond donors (Lipinski definition) is 6. The van der Waals surface area contributed by atoms with Crippen molar-refractivity contribution in [1.82, 2.24) is 5.32 Å². The van der Waals surface area contributed by atoms with Crippen molar-refractivity contribution in [3.63, 3.8) is 0 Å². The highest BCUT2D eigenvalue weighted by molar-refractivity contribution is 5.69. The Morgan fingerprint density at radius 3 is 2.47 bits per heavy atom. The number of aliphatic hydroxyl groups excluding tert-OH is 3. The minimum Gasteiger partial charge on any atom is -0.480 e. The molecular weight excluding hydrogens is 206 g/mol. The molecule has 0 aromatic rings. The van der Waals surface area contributed by atoms with Crippen LogP contribution in [0.2, 0.25) is 0 Å². The van der Waals surface area contributed by atoms with Crippen LogP contribution in [0.4, 0.5) is 0 Å². The Kier molecular flexibility index (Phi) is 3.63. The number of rotatable bonds is 5. The zero-order valence-corrected chi connectivity index (χ0v) is 8.00. The zero-order chi connectivity index (χ0) is 11.6. The van der Waals surface area contributed by atoms with E-state index in [1.807, 2.05) is 0 Å². The fourth-order valence-electron chi connectivity index (χ4n) is 1.78. The average Bonchev–Trinajstić information content (AvgIpc) is 2.17. The van der Waals surface area contributed by atoms with Crippen LogP contribution in [0.1, 0.15) is 0 Å². The van der Waals surface area contributed by atoms with Crippen molar-refractivity contribution in [1.29, 1.82) is 0 Å². The minimum absolute atomic E-state index is 0.192. The Morgan fingerprint density at radius 1 is 1.40 bits per heavy atom. The fraction of sp³-hybridized carbons (Fsp3) is 0.875. The molecule has 0 aromatic heterocycles. The number of carboxylic acids is 1. The maximum atomic E-state index is 10.2. The smallest absolute Gasteiger partial charge is 0.317 e. The van der Waals surface area contributed by atoms with Gasteiger partial charge in [0.05, 0.1) is 19.3 Å². The van der Waals surface area contributed by atoms with Crippen LogP contribution in [-0.4, -0.2) is 69.0 Å². The van der Waals surface area contributed by atoms with Crippen molar-refractivity contribution < 1.29 is 30.3 Å². The van der Waals surface area contributed by atoms with E-state index in [1.54, 1.807) is 0 Å². The average molecular weight is 221 g/mol. The first-order valence-electron chi connectivity index (χ1n) is 4.55. The predicted octanol–water partition coefficient (Wildman–Crippen LogP) is -3.26. The normalized spacial score (nSPS) is 39.9. The molecule has 0 aliphatic heterocycles. The third kappa shape index (κ3) is 2.11. The lowest BCUT2D eigenvalue weighted by atomic mass is 9.64. The summed E-state index contributed by atoms with van der Waals surface area (Å²) in [5, 5.41) is 47.9. The van der Waals surface area contributed by atoms with Gasteiger partial charge in [0.15, 0.2) is 0 Å². The number of nitrogens with one attached hydrogen (secondary N) is 1. The summed E-state index contributed by atoms with van der Waals surface area (Å²) in [5.74, 6) is -1.94. The van der Waals surface area contributed by atoms with Crippen LogP contribution in [0.25, 0.3) is 0 Å². The topological polar surface area (TPSA) is 130 Å². The predicted molar refractivity (Wildman–Crippen MR) is 48.0 cm³/mol. The number of hydrogen-bond acceptors (Lipinski definition) is 6. The largest absolute Gasteiger partial charge is 0.480 e. The second-order valence-electron chi connectivity index (χ2n) is 3.71. The van der Waals surface area contributed by atoms with E-state index in [4.69, 9.17) is 10.2 Å². The Balaban J connectivity index is 2.47. The van der Waals surface area contributed by atoms with E-state index < -0.39 is 36.3 Å². The van der Waals surface area contributed by atoms with E-state index >= 15 is 0 Å². The molecule has 1 aliphatic rings.